The zero-order valence-electron chi connectivity index (χ0n) is 23.1. The lowest BCUT2D eigenvalue weighted by atomic mass is 9.85. The molecule has 0 radical (unpaired) electrons. The van der Waals surface area contributed by atoms with Gasteiger partial charge in [-0.3, -0.25) is 4.99 Å². The van der Waals surface area contributed by atoms with E-state index in [2.05, 4.69) is 45.0 Å². The maximum Gasteiger partial charge on any atom is 0.229 e. The minimum atomic E-state index is -0.296. The molecular formula is C36H29FN2O2. The number of aliphatic imine (C=N–C) groups is 1. The number of phenolic OH excluding ortho intramolecular Hbond substituents is 1. The van der Waals surface area contributed by atoms with Crippen molar-refractivity contribution in [3.8, 4) is 39.5 Å². The summed E-state index contributed by atoms with van der Waals surface area (Å²) in [7, 11) is 0. The zero-order chi connectivity index (χ0) is 28.6. The molecule has 0 unspecified atom stereocenters. The molecule has 0 atom stereocenters. The molecule has 0 saturated carbocycles. The highest BCUT2D eigenvalue weighted by atomic mass is 19.1. The van der Waals surface area contributed by atoms with Crippen molar-refractivity contribution in [3.63, 3.8) is 0 Å². The van der Waals surface area contributed by atoms with Crippen LogP contribution in [0.15, 0.2) is 119 Å². The third kappa shape index (κ3) is 5.39. The lowest BCUT2D eigenvalue weighted by molar-refractivity contribution is 0.474. The van der Waals surface area contributed by atoms with Gasteiger partial charge in [-0.1, -0.05) is 81.4 Å². The van der Waals surface area contributed by atoms with Crippen molar-refractivity contribution in [2.24, 2.45) is 4.99 Å². The predicted molar refractivity (Wildman–Crippen MR) is 164 cm³/mol. The van der Waals surface area contributed by atoms with Gasteiger partial charge in [-0.25, -0.2) is 9.37 Å². The van der Waals surface area contributed by atoms with Crippen molar-refractivity contribution < 1.29 is 13.9 Å². The van der Waals surface area contributed by atoms with Crippen LogP contribution in [0.4, 0.5) is 10.1 Å². The first-order chi connectivity index (χ1) is 19.8. The lowest BCUT2D eigenvalue weighted by Crippen LogP contribution is -2.11. The average molecular weight is 541 g/mol. The molecular weight excluding hydrogens is 511 g/mol. The molecule has 6 rings (SSSR count). The Kier molecular flexibility index (Phi) is 6.72. The molecule has 0 fully saturated rings. The monoisotopic (exact) mass is 540 g/mol. The van der Waals surface area contributed by atoms with Crippen LogP contribution in [-0.4, -0.2) is 16.3 Å². The number of rotatable bonds is 5. The van der Waals surface area contributed by atoms with Gasteiger partial charge in [-0.15, -0.1) is 0 Å². The molecule has 5 aromatic carbocycles. The van der Waals surface area contributed by atoms with E-state index in [0.29, 0.717) is 17.1 Å². The molecule has 202 valence electrons. The standard InChI is InChI=1S/C36H29FN2O2/c1-36(2,3)27-20-30(24-9-5-4-6-10-24)34-33(21-27)41-35(39-34)29-11-7-8-12-31(29)38-22-26-19-25(15-18-32(26)40)23-13-16-28(37)17-14-23/h4-22,40H,1-3H3. The summed E-state index contributed by atoms with van der Waals surface area (Å²) in [5, 5.41) is 10.5. The highest BCUT2D eigenvalue weighted by Crippen LogP contribution is 2.38. The Balaban J connectivity index is 1.42. The average Bonchev–Trinajstić information content (AvgIpc) is 3.41. The molecule has 0 spiro atoms. The summed E-state index contributed by atoms with van der Waals surface area (Å²) in [5.74, 6) is 0.275. The summed E-state index contributed by atoms with van der Waals surface area (Å²) in [6, 6.07) is 33.6. The van der Waals surface area contributed by atoms with E-state index in [9.17, 15) is 9.50 Å². The number of aromatic nitrogens is 1. The Bertz CT molecular complexity index is 1880. The van der Waals surface area contributed by atoms with Gasteiger partial charge in [0, 0.05) is 17.3 Å². The Labute approximate surface area is 238 Å². The second-order valence-electron chi connectivity index (χ2n) is 11.1. The van der Waals surface area contributed by atoms with Gasteiger partial charge in [0.2, 0.25) is 5.89 Å². The number of hydrogen-bond acceptors (Lipinski definition) is 4. The molecule has 1 N–H and O–H groups in total. The molecule has 0 aliphatic heterocycles. The Morgan fingerprint density at radius 2 is 1.46 bits per heavy atom. The molecule has 0 amide bonds. The van der Waals surface area contributed by atoms with Crippen molar-refractivity contribution in [1.82, 2.24) is 4.98 Å². The van der Waals surface area contributed by atoms with E-state index in [4.69, 9.17) is 14.4 Å². The second kappa shape index (κ2) is 10.5. The number of phenols is 1. The Morgan fingerprint density at radius 3 is 2.22 bits per heavy atom. The molecule has 1 heterocycles. The summed E-state index contributed by atoms with van der Waals surface area (Å²) in [5.41, 5.74) is 8.33. The maximum atomic E-state index is 13.4. The van der Waals surface area contributed by atoms with Gasteiger partial charge in [-0.05, 0) is 76.2 Å². The van der Waals surface area contributed by atoms with E-state index >= 15 is 0 Å². The molecule has 4 nitrogen and oxygen atoms in total. The third-order valence-corrected chi connectivity index (χ3v) is 7.13. The summed E-state index contributed by atoms with van der Waals surface area (Å²) >= 11 is 0. The number of hydrogen-bond donors (Lipinski definition) is 1. The SMILES string of the molecule is CC(C)(C)c1cc(-c2ccccc2)c2nc(-c3ccccc3N=Cc3cc(-c4ccc(F)cc4)ccc3O)oc2c1. The first kappa shape index (κ1) is 26.2. The maximum absolute atomic E-state index is 13.4. The van der Waals surface area contributed by atoms with E-state index in [-0.39, 0.29) is 17.0 Å². The number of fused-ring (bicyclic) bond motifs is 1. The summed E-state index contributed by atoms with van der Waals surface area (Å²) in [6.07, 6.45) is 1.62. The van der Waals surface area contributed by atoms with E-state index in [0.717, 1.165) is 44.5 Å². The van der Waals surface area contributed by atoms with Gasteiger partial charge in [0.1, 0.15) is 17.1 Å². The molecule has 0 aliphatic carbocycles. The van der Waals surface area contributed by atoms with Gasteiger partial charge in [-0.2, -0.15) is 0 Å². The van der Waals surface area contributed by atoms with Crippen LogP contribution in [0.1, 0.15) is 31.9 Å². The number of para-hydroxylation sites is 1. The first-order valence-electron chi connectivity index (χ1n) is 13.5. The largest absolute Gasteiger partial charge is 0.507 e. The molecule has 6 aromatic rings. The van der Waals surface area contributed by atoms with Crippen molar-refractivity contribution in [1.29, 1.82) is 0 Å². The smallest absolute Gasteiger partial charge is 0.229 e. The number of oxazole rings is 1. The van der Waals surface area contributed by atoms with Gasteiger partial charge in [0.25, 0.3) is 0 Å². The fraction of sp³-hybridized carbons (Fsp3) is 0.111. The van der Waals surface area contributed by atoms with E-state index < -0.39 is 0 Å². The van der Waals surface area contributed by atoms with Gasteiger partial charge >= 0.3 is 0 Å². The van der Waals surface area contributed by atoms with Crippen LogP contribution in [-0.2, 0) is 5.41 Å². The predicted octanol–water partition coefficient (Wildman–Crippen LogP) is 9.72. The number of nitrogens with zero attached hydrogens (tertiary/aromatic N) is 2. The quantitative estimate of drug-likeness (QED) is 0.221. The molecule has 41 heavy (non-hydrogen) atoms. The van der Waals surface area contributed by atoms with Crippen molar-refractivity contribution in [2.45, 2.75) is 26.2 Å². The van der Waals surface area contributed by atoms with E-state index in [1.54, 1.807) is 30.5 Å². The number of halogens is 1. The van der Waals surface area contributed by atoms with E-state index in [1.165, 1.54) is 12.1 Å². The minimum Gasteiger partial charge on any atom is -0.507 e. The molecule has 1 aromatic heterocycles. The van der Waals surface area contributed by atoms with Gasteiger partial charge < -0.3 is 9.52 Å². The van der Waals surface area contributed by atoms with Crippen LogP contribution in [0.25, 0.3) is 44.8 Å². The molecule has 0 bridgehead atoms. The minimum absolute atomic E-state index is 0.0721. The molecule has 0 aliphatic rings. The van der Waals surface area contributed by atoms with Crippen LogP contribution in [0, 0.1) is 5.82 Å². The topological polar surface area (TPSA) is 58.6 Å². The first-order valence-corrected chi connectivity index (χ1v) is 13.5. The third-order valence-electron chi connectivity index (χ3n) is 7.13. The van der Waals surface area contributed by atoms with Gasteiger partial charge in [0.05, 0.1) is 11.3 Å². The highest BCUT2D eigenvalue weighted by molar-refractivity contribution is 5.94. The van der Waals surface area contributed by atoms with Gasteiger partial charge in [0.15, 0.2) is 5.58 Å². The van der Waals surface area contributed by atoms with Crippen LogP contribution in [0.5, 0.6) is 5.75 Å². The summed E-state index contributed by atoms with van der Waals surface area (Å²) in [4.78, 5) is 9.68. The lowest BCUT2D eigenvalue weighted by Gasteiger charge is -2.20. The van der Waals surface area contributed by atoms with Crippen LogP contribution < -0.4 is 0 Å². The number of benzene rings is 5. The van der Waals surface area contributed by atoms with Crippen molar-refractivity contribution in [2.75, 3.05) is 0 Å². The van der Waals surface area contributed by atoms with Crippen LogP contribution >= 0.6 is 0 Å². The highest BCUT2D eigenvalue weighted by Gasteiger charge is 2.21. The van der Waals surface area contributed by atoms with Crippen LogP contribution in [0.3, 0.4) is 0 Å². The Hall–Kier alpha value is -5.03. The van der Waals surface area contributed by atoms with E-state index in [1.807, 2.05) is 48.5 Å². The fourth-order valence-electron chi connectivity index (χ4n) is 4.80. The zero-order valence-corrected chi connectivity index (χ0v) is 23.1. The molecule has 0 saturated heterocycles. The van der Waals surface area contributed by atoms with Crippen molar-refractivity contribution >= 4 is 23.0 Å². The van der Waals surface area contributed by atoms with Crippen molar-refractivity contribution in [3.05, 3.63) is 126 Å². The fourth-order valence-corrected chi connectivity index (χ4v) is 4.80. The summed E-state index contributed by atoms with van der Waals surface area (Å²) < 4.78 is 19.8. The Morgan fingerprint density at radius 1 is 0.756 bits per heavy atom. The number of aromatic hydroxyl groups is 1. The van der Waals surface area contributed by atoms with Crippen LogP contribution in [0.2, 0.25) is 0 Å². The molecule has 5 heteroatoms. The summed E-state index contributed by atoms with van der Waals surface area (Å²) in [6.45, 7) is 6.56. The second-order valence-corrected chi connectivity index (χ2v) is 11.1. The normalized spacial score (nSPS) is 11.9.